The van der Waals surface area contributed by atoms with E-state index in [1.807, 2.05) is 36.4 Å². The molecule has 1 aromatic heterocycles. The smallest absolute Gasteiger partial charge is 0.258 e. The van der Waals surface area contributed by atoms with Gasteiger partial charge in [-0.2, -0.15) is 0 Å². The summed E-state index contributed by atoms with van der Waals surface area (Å²) in [5, 5.41) is 11.4. The second-order valence-corrected chi connectivity index (χ2v) is 8.91. The third-order valence-corrected chi connectivity index (χ3v) is 5.79. The predicted molar refractivity (Wildman–Crippen MR) is 124 cm³/mol. The van der Waals surface area contributed by atoms with Crippen LogP contribution in [0.2, 0.25) is 0 Å². The van der Waals surface area contributed by atoms with Crippen molar-refractivity contribution in [3.8, 4) is 16.9 Å². The predicted octanol–water partition coefficient (Wildman–Crippen LogP) is 5.80. The van der Waals surface area contributed by atoms with Gasteiger partial charge in [0.15, 0.2) is 0 Å². The van der Waals surface area contributed by atoms with Crippen LogP contribution in [0.25, 0.3) is 22.0 Å². The average Bonchev–Trinajstić information content (AvgIpc) is 2.75. The molecule has 0 aliphatic heterocycles. The molecule has 0 amide bonds. The maximum Gasteiger partial charge on any atom is 0.258 e. The Bertz CT molecular complexity index is 1260. The lowest BCUT2D eigenvalue weighted by Gasteiger charge is -2.19. The second-order valence-electron chi connectivity index (χ2n) is 8.91. The number of rotatable bonds is 3. The Kier molecular flexibility index (Phi) is 4.98. The number of fused-ring (bicyclic) bond motifs is 1. The molecule has 30 heavy (non-hydrogen) atoms. The summed E-state index contributed by atoms with van der Waals surface area (Å²) in [7, 11) is 1.75. The lowest BCUT2D eigenvalue weighted by molar-refractivity contribution is 0.473. The number of hydrogen-bond donors (Lipinski definition) is 1. The minimum Gasteiger partial charge on any atom is -0.507 e. The van der Waals surface area contributed by atoms with Gasteiger partial charge in [-0.15, -0.1) is 0 Å². The molecule has 0 atom stereocenters. The zero-order valence-corrected chi connectivity index (χ0v) is 17.9. The molecular formula is C27H27NO2. The van der Waals surface area contributed by atoms with Gasteiger partial charge in [-0.3, -0.25) is 4.79 Å². The standard InChI is InChI=1S/C27H27NO2/c1-27(2,3)21-15-13-20(14-16-21)19-11-9-18(10-12-19)17-23-25(29)22-7-5-6-8-24(22)28(4)26(23)30/h5-16,29H,17H2,1-4H3. The molecule has 0 unspecified atom stereocenters. The molecular weight excluding hydrogens is 370 g/mol. The van der Waals surface area contributed by atoms with Gasteiger partial charge in [0.1, 0.15) is 5.75 Å². The molecule has 3 nitrogen and oxygen atoms in total. The Balaban J connectivity index is 1.64. The van der Waals surface area contributed by atoms with Gasteiger partial charge in [0.2, 0.25) is 0 Å². The van der Waals surface area contributed by atoms with Gasteiger partial charge in [-0.25, -0.2) is 0 Å². The number of para-hydroxylation sites is 1. The zero-order chi connectivity index (χ0) is 21.5. The van der Waals surface area contributed by atoms with E-state index in [1.165, 1.54) is 11.1 Å². The first kappa shape index (κ1) is 20.0. The number of aryl methyl sites for hydroxylation is 1. The Hall–Kier alpha value is -3.33. The summed E-state index contributed by atoms with van der Waals surface area (Å²) in [6.45, 7) is 6.63. The molecule has 0 aliphatic carbocycles. The van der Waals surface area contributed by atoms with E-state index < -0.39 is 0 Å². The third kappa shape index (κ3) is 3.63. The maximum atomic E-state index is 12.8. The van der Waals surface area contributed by atoms with E-state index in [0.29, 0.717) is 17.4 Å². The van der Waals surface area contributed by atoms with Crippen LogP contribution in [0.3, 0.4) is 0 Å². The lowest BCUT2D eigenvalue weighted by Crippen LogP contribution is -2.21. The number of benzene rings is 3. The monoisotopic (exact) mass is 397 g/mol. The average molecular weight is 398 g/mol. The minimum absolute atomic E-state index is 0.0792. The highest BCUT2D eigenvalue weighted by Gasteiger charge is 2.15. The first-order valence-corrected chi connectivity index (χ1v) is 10.2. The van der Waals surface area contributed by atoms with Gasteiger partial charge >= 0.3 is 0 Å². The molecule has 0 saturated heterocycles. The largest absolute Gasteiger partial charge is 0.507 e. The fourth-order valence-corrected chi connectivity index (χ4v) is 3.88. The van der Waals surface area contributed by atoms with Crippen molar-refractivity contribution < 1.29 is 5.11 Å². The highest BCUT2D eigenvalue weighted by Crippen LogP contribution is 2.29. The number of pyridine rings is 1. The molecule has 1 heterocycles. The minimum atomic E-state index is -0.159. The summed E-state index contributed by atoms with van der Waals surface area (Å²) in [5.74, 6) is 0.0792. The molecule has 4 rings (SSSR count). The van der Waals surface area contributed by atoms with Gasteiger partial charge in [0.25, 0.3) is 5.56 Å². The summed E-state index contributed by atoms with van der Waals surface area (Å²) < 4.78 is 1.61. The summed E-state index contributed by atoms with van der Waals surface area (Å²) in [6, 6.07) is 24.3. The van der Waals surface area contributed by atoms with E-state index in [2.05, 4.69) is 57.2 Å². The highest BCUT2D eigenvalue weighted by atomic mass is 16.3. The maximum absolute atomic E-state index is 12.8. The lowest BCUT2D eigenvalue weighted by atomic mass is 9.86. The normalized spacial score (nSPS) is 11.7. The van der Waals surface area contributed by atoms with Crippen LogP contribution in [0.5, 0.6) is 5.75 Å². The van der Waals surface area contributed by atoms with Crippen LogP contribution in [0.4, 0.5) is 0 Å². The summed E-state index contributed by atoms with van der Waals surface area (Å²) >= 11 is 0. The molecule has 0 saturated carbocycles. The Morgan fingerprint density at radius 1 is 0.833 bits per heavy atom. The molecule has 3 aromatic carbocycles. The van der Waals surface area contributed by atoms with Gasteiger partial charge in [0, 0.05) is 18.9 Å². The van der Waals surface area contributed by atoms with E-state index in [4.69, 9.17) is 0 Å². The van der Waals surface area contributed by atoms with Gasteiger partial charge < -0.3 is 9.67 Å². The van der Waals surface area contributed by atoms with Crippen molar-refractivity contribution in [1.29, 1.82) is 0 Å². The molecule has 3 heteroatoms. The van der Waals surface area contributed by atoms with Crippen molar-refractivity contribution in [2.45, 2.75) is 32.6 Å². The van der Waals surface area contributed by atoms with Gasteiger partial charge in [0.05, 0.1) is 11.1 Å². The van der Waals surface area contributed by atoms with E-state index in [1.54, 1.807) is 11.6 Å². The fourth-order valence-electron chi connectivity index (χ4n) is 3.88. The molecule has 0 spiro atoms. The summed E-state index contributed by atoms with van der Waals surface area (Å²) in [6.07, 6.45) is 0.395. The number of hydrogen-bond acceptors (Lipinski definition) is 2. The first-order valence-electron chi connectivity index (χ1n) is 10.2. The van der Waals surface area contributed by atoms with E-state index in [-0.39, 0.29) is 16.7 Å². The van der Waals surface area contributed by atoms with Crippen LogP contribution < -0.4 is 5.56 Å². The Morgan fingerprint density at radius 2 is 1.40 bits per heavy atom. The van der Waals surface area contributed by atoms with Crippen LogP contribution in [-0.4, -0.2) is 9.67 Å². The molecule has 0 radical (unpaired) electrons. The van der Waals surface area contributed by atoms with Crippen molar-refractivity contribution in [3.05, 3.63) is 99.8 Å². The molecule has 0 fully saturated rings. The highest BCUT2D eigenvalue weighted by molar-refractivity contribution is 5.86. The zero-order valence-electron chi connectivity index (χ0n) is 17.9. The third-order valence-electron chi connectivity index (χ3n) is 5.79. The van der Waals surface area contributed by atoms with Crippen molar-refractivity contribution in [1.82, 2.24) is 4.57 Å². The van der Waals surface area contributed by atoms with Crippen molar-refractivity contribution in [3.63, 3.8) is 0 Å². The Labute approximate surface area is 177 Å². The molecule has 152 valence electrons. The van der Waals surface area contributed by atoms with Crippen LogP contribution in [-0.2, 0) is 18.9 Å². The van der Waals surface area contributed by atoms with Gasteiger partial charge in [-0.1, -0.05) is 81.4 Å². The van der Waals surface area contributed by atoms with Gasteiger partial charge in [-0.05, 0) is 39.8 Å². The van der Waals surface area contributed by atoms with E-state index in [9.17, 15) is 9.90 Å². The van der Waals surface area contributed by atoms with Crippen LogP contribution in [0, 0.1) is 0 Å². The SMILES string of the molecule is Cn1c(=O)c(Cc2ccc(-c3ccc(C(C)(C)C)cc3)cc2)c(O)c2ccccc21. The van der Waals surface area contributed by atoms with Crippen LogP contribution in [0.15, 0.2) is 77.6 Å². The topological polar surface area (TPSA) is 42.2 Å². The van der Waals surface area contributed by atoms with E-state index >= 15 is 0 Å². The summed E-state index contributed by atoms with van der Waals surface area (Å²) in [4.78, 5) is 12.8. The van der Waals surface area contributed by atoms with Crippen LogP contribution >= 0.6 is 0 Å². The molecule has 4 aromatic rings. The van der Waals surface area contributed by atoms with Crippen molar-refractivity contribution >= 4 is 10.9 Å². The van der Waals surface area contributed by atoms with Crippen molar-refractivity contribution in [2.24, 2.45) is 7.05 Å². The second kappa shape index (κ2) is 7.49. The molecule has 0 bridgehead atoms. The Morgan fingerprint density at radius 3 is 2.00 bits per heavy atom. The van der Waals surface area contributed by atoms with E-state index in [0.717, 1.165) is 16.6 Å². The quantitative estimate of drug-likeness (QED) is 0.475. The molecule has 1 N–H and O–H groups in total. The summed E-state index contributed by atoms with van der Waals surface area (Å²) in [5.41, 5.74) is 5.74. The molecule has 0 aliphatic rings. The fraction of sp³-hybridized carbons (Fsp3) is 0.222. The number of nitrogens with zero attached hydrogens (tertiary/aromatic N) is 1. The number of aromatic nitrogens is 1. The van der Waals surface area contributed by atoms with Crippen LogP contribution in [0.1, 0.15) is 37.5 Å². The number of aromatic hydroxyl groups is 1. The first-order chi connectivity index (χ1) is 14.3. The van der Waals surface area contributed by atoms with Crippen molar-refractivity contribution in [2.75, 3.05) is 0 Å².